The van der Waals surface area contributed by atoms with E-state index in [1.165, 1.54) is 12.0 Å². The third kappa shape index (κ3) is 3.55. The van der Waals surface area contributed by atoms with E-state index in [1.807, 2.05) is 6.07 Å². The van der Waals surface area contributed by atoms with E-state index in [-0.39, 0.29) is 18.0 Å². The van der Waals surface area contributed by atoms with Crippen LogP contribution in [0.3, 0.4) is 0 Å². The lowest BCUT2D eigenvalue weighted by Gasteiger charge is -2.57. The molecule has 0 saturated carbocycles. The van der Waals surface area contributed by atoms with Crippen LogP contribution in [0.15, 0.2) is 30.3 Å². The fourth-order valence-corrected chi connectivity index (χ4v) is 6.73. The van der Waals surface area contributed by atoms with Gasteiger partial charge in [0.25, 0.3) is 0 Å². The van der Waals surface area contributed by atoms with Crippen LogP contribution in [0.2, 0.25) is 0 Å². The maximum absolute atomic E-state index is 13.5. The molecule has 5 heteroatoms. The maximum Gasteiger partial charge on any atom is 0.239 e. The predicted octanol–water partition coefficient (Wildman–Crippen LogP) is 3.51. The summed E-state index contributed by atoms with van der Waals surface area (Å²) in [7, 11) is 0. The first-order valence-electron chi connectivity index (χ1n) is 12.1. The second kappa shape index (κ2) is 8.33. The van der Waals surface area contributed by atoms with E-state index in [0.29, 0.717) is 36.2 Å². The monoisotopic (exact) mass is 409 g/mol. The van der Waals surface area contributed by atoms with Crippen molar-refractivity contribution in [1.29, 1.82) is 0 Å². The third-order valence-electron chi connectivity index (χ3n) is 8.04. The third-order valence-corrected chi connectivity index (χ3v) is 8.04. The highest BCUT2D eigenvalue weighted by molar-refractivity contribution is 5.83. The van der Waals surface area contributed by atoms with Crippen molar-refractivity contribution in [3.05, 3.63) is 35.9 Å². The topological polar surface area (TPSA) is 52.7 Å². The lowest BCUT2D eigenvalue weighted by molar-refractivity contribution is -0.157. The Morgan fingerprint density at radius 2 is 1.90 bits per heavy atom. The van der Waals surface area contributed by atoms with Crippen LogP contribution in [0.25, 0.3) is 0 Å². The highest BCUT2D eigenvalue weighted by Crippen LogP contribution is 2.43. The molecule has 6 atom stereocenters. The Hall–Kier alpha value is -1.88. The Bertz CT molecular complexity index is 782. The van der Waals surface area contributed by atoms with E-state index in [2.05, 4.69) is 46.3 Å². The van der Waals surface area contributed by atoms with Crippen LogP contribution >= 0.6 is 0 Å². The summed E-state index contributed by atoms with van der Waals surface area (Å²) in [4.78, 5) is 30.7. The number of carbonyl (C=O) groups is 2. The first-order valence-corrected chi connectivity index (χ1v) is 12.1. The summed E-state index contributed by atoms with van der Waals surface area (Å²) in [6, 6.07) is 11.4. The molecule has 0 radical (unpaired) electrons. The number of carbonyl (C=O) groups excluding carboxylic acids is 2. The van der Waals surface area contributed by atoms with E-state index in [4.69, 9.17) is 0 Å². The van der Waals surface area contributed by atoms with Crippen LogP contribution in [0.5, 0.6) is 0 Å². The van der Waals surface area contributed by atoms with Crippen LogP contribution < -0.4 is 5.32 Å². The number of hydrogen-bond donors (Lipinski definition) is 1. The van der Waals surface area contributed by atoms with Crippen LogP contribution in [-0.2, 0) is 9.59 Å². The minimum absolute atomic E-state index is 0.0669. The Balaban J connectivity index is 1.30. The molecule has 4 heterocycles. The first-order chi connectivity index (χ1) is 14.7. The molecule has 5 rings (SSSR count). The average molecular weight is 410 g/mol. The molecule has 0 spiro atoms. The number of rotatable bonds is 4. The van der Waals surface area contributed by atoms with Crippen molar-refractivity contribution in [3.8, 4) is 0 Å². The lowest BCUT2D eigenvalue weighted by Crippen LogP contribution is -2.66. The number of piperidine rings is 3. The molecule has 2 amide bonds. The van der Waals surface area contributed by atoms with Gasteiger partial charge in [0.05, 0.1) is 6.04 Å². The lowest BCUT2D eigenvalue weighted by atomic mass is 9.71. The van der Waals surface area contributed by atoms with Gasteiger partial charge in [-0.3, -0.25) is 14.9 Å². The molecule has 1 aromatic rings. The number of benzene rings is 1. The van der Waals surface area contributed by atoms with Gasteiger partial charge in [0.15, 0.2) is 0 Å². The molecule has 0 aromatic heterocycles. The standard InChI is InChI=1S/C25H35N3O2/c1-2-7-22-18-14-19(23-10-6-11-24(29)28(22)23)16-27(15-18)25(30)21-13-12-20(26-21)17-8-4-3-5-9-17/h3-5,8-9,18-23,26H,2,6-7,10-16H2,1H3/t18-,19+,20+,21+,22-,23-/m0/s1. The van der Waals surface area contributed by atoms with E-state index < -0.39 is 0 Å². The summed E-state index contributed by atoms with van der Waals surface area (Å²) in [5, 5.41) is 3.61. The van der Waals surface area contributed by atoms with Gasteiger partial charge in [0.1, 0.15) is 0 Å². The zero-order valence-corrected chi connectivity index (χ0v) is 18.1. The van der Waals surface area contributed by atoms with E-state index in [1.54, 1.807) is 0 Å². The molecular formula is C25H35N3O2. The van der Waals surface area contributed by atoms with Gasteiger partial charge in [-0.2, -0.15) is 0 Å². The summed E-state index contributed by atoms with van der Waals surface area (Å²) >= 11 is 0. The van der Waals surface area contributed by atoms with Gasteiger partial charge in [0, 0.05) is 37.6 Å². The summed E-state index contributed by atoms with van der Waals surface area (Å²) < 4.78 is 0. The molecule has 2 bridgehead atoms. The molecule has 4 fully saturated rings. The molecule has 0 aliphatic carbocycles. The molecule has 0 unspecified atom stereocenters. The van der Waals surface area contributed by atoms with E-state index in [0.717, 1.165) is 51.6 Å². The van der Waals surface area contributed by atoms with Gasteiger partial charge >= 0.3 is 0 Å². The number of nitrogens with zero attached hydrogens (tertiary/aromatic N) is 2. The van der Waals surface area contributed by atoms with Crippen LogP contribution in [-0.4, -0.2) is 52.8 Å². The smallest absolute Gasteiger partial charge is 0.239 e. The van der Waals surface area contributed by atoms with Crippen molar-refractivity contribution in [3.63, 3.8) is 0 Å². The summed E-state index contributed by atoms with van der Waals surface area (Å²) in [5.41, 5.74) is 1.28. The average Bonchev–Trinajstić information content (AvgIpc) is 3.27. The number of likely N-dealkylation sites (tertiary alicyclic amines) is 1. The quantitative estimate of drug-likeness (QED) is 0.828. The summed E-state index contributed by atoms with van der Waals surface area (Å²) in [5.74, 6) is 1.55. The van der Waals surface area contributed by atoms with Gasteiger partial charge in [0.2, 0.25) is 11.8 Å². The fraction of sp³-hybridized carbons (Fsp3) is 0.680. The minimum atomic E-state index is -0.0669. The van der Waals surface area contributed by atoms with E-state index >= 15 is 0 Å². The molecule has 4 saturated heterocycles. The molecule has 1 aromatic carbocycles. The van der Waals surface area contributed by atoms with Crippen LogP contribution in [0.4, 0.5) is 0 Å². The van der Waals surface area contributed by atoms with Crippen molar-refractivity contribution >= 4 is 11.8 Å². The second-order valence-corrected chi connectivity index (χ2v) is 9.88. The number of fused-ring (bicyclic) bond motifs is 4. The zero-order chi connectivity index (χ0) is 20.7. The van der Waals surface area contributed by atoms with Crippen molar-refractivity contribution in [2.75, 3.05) is 13.1 Å². The molecule has 162 valence electrons. The summed E-state index contributed by atoms with van der Waals surface area (Å²) in [6.45, 7) is 3.87. The highest BCUT2D eigenvalue weighted by Gasteiger charge is 2.50. The van der Waals surface area contributed by atoms with Gasteiger partial charge in [-0.15, -0.1) is 0 Å². The minimum Gasteiger partial charge on any atom is -0.341 e. The maximum atomic E-state index is 13.5. The number of hydrogen-bond acceptors (Lipinski definition) is 3. The second-order valence-electron chi connectivity index (χ2n) is 9.88. The Labute approximate surface area is 180 Å². The fourth-order valence-electron chi connectivity index (χ4n) is 6.73. The summed E-state index contributed by atoms with van der Waals surface area (Å²) in [6.07, 6.45) is 8.12. The van der Waals surface area contributed by atoms with Crippen molar-refractivity contribution in [2.45, 2.75) is 82.5 Å². The molecular weight excluding hydrogens is 374 g/mol. The van der Waals surface area contributed by atoms with Crippen LogP contribution in [0.1, 0.15) is 69.9 Å². The first kappa shape index (κ1) is 20.0. The Kier molecular flexibility index (Phi) is 5.57. The Morgan fingerprint density at radius 3 is 2.70 bits per heavy atom. The predicted molar refractivity (Wildman–Crippen MR) is 117 cm³/mol. The van der Waals surface area contributed by atoms with Crippen molar-refractivity contribution < 1.29 is 9.59 Å². The molecule has 5 nitrogen and oxygen atoms in total. The molecule has 30 heavy (non-hydrogen) atoms. The number of nitrogens with one attached hydrogen (secondary N) is 1. The highest BCUT2D eigenvalue weighted by atomic mass is 16.2. The normalized spacial score (nSPS) is 36.0. The molecule has 1 N–H and O–H groups in total. The van der Waals surface area contributed by atoms with Crippen LogP contribution in [0, 0.1) is 11.8 Å². The van der Waals surface area contributed by atoms with Gasteiger partial charge < -0.3 is 9.80 Å². The largest absolute Gasteiger partial charge is 0.341 e. The molecule has 4 aliphatic rings. The Morgan fingerprint density at radius 1 is 1.10 bits per heavy atom. The number of amides is 2. The molecule has 4 aliphatic heterocycles. The van der Waals surface area contributed by atoms with Gasteiger partial charge in [-0.05, 0) is 55.9 Å². The zero-order valence-electron chi connectivity index (χ0n) is 18.1. The van der Waals surface area contributed by atoms with Gasteiger partial charge in [-0.1, -0.05) is 43.7 Å². The van der Waals surface area contributed by atoms with Crippen molar-refractivity contribution in [1.82, 2.24) is 15.1 Å². The van der Waals surface area contributed by atoms with Gasteiger partial charge in [-0.25, -0.2) is 0 Å². The SMILES string of the molecule is CCC[C@H]1[C@H]2C[C@H](CN(C(=O)[C@H]3CC[C@H](c4ccccc4)N3)C2)[C@@H]2CCCC(=O)N21. The van der Waals surface area contributed by atoms with E-state index in [9.17, 15) is 9.59 Å². The van der Waals surface area contributed by atoms with Crippen molar-refractivity contribution in [2.24, 2.45) is 11.8 Å².